The van der Waals surface area contributed by atoms with Gasteiger partial charge in [0.25, 0.3) is 5.91 Å². The number of aromatic amines is 1. The third-order valence-corrected chi connectivity index (χ3v) is 7.10. The molecule has 2 aromatic heterocycles. The number of carbonyl (C=O) groups excluding carboxylic acids is 1. The zero-order valence-corrected chi connectivity index (χ0v) is 19.7. The number of ether oxygens (including phenoxy) is 1. The van der Waals surface area contributed by atoms with E-state index >= 15 is 0 Å². The van der Waals surface area contributed by atoms with Crippen LogP contribution in [-0.4, -0.2) is 44.4 Å². The van der Waals surface area contributed by atoms with Crippen LogP contribution in [0.15, 0.2) is 59.8 Å². The smallest absolute Gasteiger partial charge is 0.254 e. The Morgan fingerprint density at radius 1 is 1.21 bits per heavy atom. The van der Waals surface area contributed by atoms with Crippen LogP contribution in [0.1, 0.15) is 28.4 Å². The minimum absolute atomic E-state index is 0.121. The van der Waals surface area contributed by atoms with Crippen LogP contribution in [0.4, 0.5) is 4.39 Å². The maximum atomic E-state index is 15.0. The number of nitrogens with one attached hydrogen (secondary N) is 1. The summed E-state index contributed by atoms with van der Waals surface area (Å²) in [5, 5.41) is 1.02. The van der Waals surface area contributed by atoms with Crippen LogP contribution in [0.25, 0.3) is 22.2 Å². The van der Waals surface area contributed by atoms with Crippen molar-refractivity contribution in [2.45, 2.75) is 24.8 Å². The van der Waals surface area contributed by atoms with E-state index in [0.717, 1.165) is 33.5 Å². The van der Waals surface area contributed by atoms with Gasteiger partial charge in [0.2, 0.25) is 0 Å². The van der Waals surface area contributed by atoms with Crippen LogP contribution in [-0.2, 0) is 23.8 Å². The third kappa shape index (κ3) is 3.98. The van der Waals surface area contributed by atoms with E-state index in [2.05, 4.69) is 16.0 Å². The first-order valence-corrected chi connectivity index (χ1v) is 12.7. The van der Waals surface area contributed by atoms with E-state index in [1.54, 1.807) is 17.9 Å². The van der Waals surface area contributed by atoms with Crippen molar-refractivity contribution in [2.75, 3.05) is 19.4 Å². The summed E-state index contributed by atoms with van der Waals surface area (Å²) in [6.07, 6.45) is 5.44. The van der Waals surface area contributed by atoms with E-state index in [-0.39, 0.29) is 10.8 Å². The Morgan fingerprint density at radius 2 is 2.06 bits per heavy atom. The highest BCUT2D eigenvalue weighted by Gasteiger charge is 2.25. The molecule has 2 aromatic carbocycles. The maximum Gasteiger partial charge on any atom is 0.254 e. The SMILES string of the molecule is CCc1c(C(=O)N2CCOc3ccc(-c4cnc5[nH]ccc5c4)cc3C2)ccc(S(C)=O)c1F. The van der Waals surface area contributed by atoms with Gasteiger partial charge in [-0.1, -0.05) is 13.0 Å². The number of benzene rings is 2. The van der Waals surface area contributed by atoms with Crippen molar-refractivity contribution in [3.63, 3.8) is 0 Å². The quantitative estimate of drug-likeness (QED) is 0.462. The van der Waals surface area contributed by atoms with Gasteiger partial charge in [0.15, 0.2) is 0 Å². The Labute approximate surface area is 199 Å². The molecule has 0 bridgehead atoms. The van der Waals surface area contributed by atoms with Gasteiger partial charge in [0.1, 0.15) is 23.8 Å². The van der Waals surface area contributed by atoms with E-state index in [4.69, 9.17) is 4.74 Å². The Morgan fingerprint density at radius 3 is 2.85 bits per heavy atom. The number of amides is 1. The fourth-order valence-electron chi connectivity index (χ4n) is 4.38. The van der Waals surface area contributed by atoms with Gasteiger partial charge in [-0.3, -0.25) is 9.00 Å². The number of fused-ring (bicyclic) bond motifs is 2. The average molecular weight is 478 g/mol. The van der Waals surface area contributed by atoms with Crippen molar-refractivity contribution in [3.05, 3.63) is 77.4 Å². The highest BCUT2D eigenvalue weighted by molar-refractivity contribution is 7.84. The fourth-order valence-corrected chi connectivity index (χ4v) is 5.02. The van der Waals surface area contributed by atoms with Crippen molar-refractivity contribution in [1.82, 2.24) is 14.9 Å². The molecule has 5 rings (SSSR count). The molecule has 0 radical (unpaired) electrons. The molecule has 1 aliphatic rings. The van der Waals surface area contributed by atoms with Gasteiger partial charge < -0.3 is 14.6 Å². The van der Waals surface area contributed by atoms with Gasteiger partial charge in [0, 0.05) is 52.8 Å². The lowest BCUT2D eigenvalue weighted by molar-refractivity contribution is 0.0731. The second-order valence-corrected chi connectivity index (χ2v) is 9.60. The van der Waals surface area contributed by atoms with Gasteiger partial charge in [-0.25, -0.2) is 9.37 Å². The van der Waals surface area contributed by atoms with Crippen molar-refractivity contribution in [1.29, 1.82) is 0 Å². The highest BCUT2D eigenvalue weighted by atomic mass is 32.2. The lowest BCUT2D eigenvalue weighted by Gasteiger charge is -2.22. The van der Waals surface area contributed by atoms with Gasteiger partial charge in [0.05, 0.1) is 22.2 Å². The molecule has 174 valence electrons. The summed E-state index contributed by atoms with van der Waals surface area (Å²) in [6.45, 7) is 2.86. The molecule has 3 heterocycles. The Balaban J connectivity index is 1.48. The third-order valence-electron chi connectivity index (χ3n) is 6.16. The van der Waals surface area contributed by atoms with Gasteiger partial charge in [-0.15, -0.1) is 0 Å². The maximum absolute atomic E-state index is 15.0. The lowest BCUT2D eigenvalue weighted by Crippen LogP contribution is -2.33. The number of hydrogen-bond acceptors (Lipinski definition) is 4. The van der Waals surface area contributed by atoms with Gasteiger partial charge in [-0.2, -0.15) is 0 Å². The summed E-state index contributed by atoms with van der Waals surface area (Å²) in [5.41, 5.74) is 4.24. The zero-order valence-electron chi connectivity index (χ0n) is 18.9. The summed E-state index contributed by atoms with van der Waals surface area (Å²) < 4.78 is 32.7. The van der Waals surface area contributed by atoms with E-state index in [1.165, 1.54) is 12.3 Å². The predicted octanol–water partition coefficient (Wildman–Crippen LogP) is 4.70. The Bertz CT molecular complexity index is 1430. The second kappa shape index (κ2) is 9.02. The standard InChI is InChI=1S/C26H24FN3O3S/c1-3-20-21(5-7-23(24(20)27)34(2)32)26(31)30-10-11-33-22-6-4-16(12-19(22)15-30)18-13-17-8-9-28-25(17)29-14-18/h4-9,12-14H,3,10-11,15H2,1-2H3,(H,28,29). The molecule has 1 N–H and O–H groups in total. The molecule has 4 aromatic rings. The molecule has 1 unspecified atom stereocenters. The molecule has 0 saturated carbocycles. The van der Waals surface area contributed by atoms with Crippen LogP contribution >= 0.6 is 0 Å². The number of halogens is 1. The van der Waals surface area contributed by atoms with E-state index in [0.29, 0.717) is 37.2 Å². The van der Waals surface area contributed by atoms with E-state index < -0.39 is 16.6 Å². The fraction of sp³-hybridized carbons (Fsp3) is 0.231. The normalized spacial score (nSPS) is 14.4. The highest BCUT2D eigenvalue weighted by Crippen LogP contribution is 2.31. The van der Waals surface area contributed by atoms with E-state index in [1.807, 2.05) is 36.7 Å². The van der Waals surface area contributed by atoms with Crippen LogP contribution in [0.3, 0.4) is 0 Å². The molecular formula is C26H24FN3O3S. The number of H-pyrrole nitrogens is 1. The molecule has 8 heteroatoms. The van der Waals surface area contributed by atoms with Gasteiger partial charge >= 0.3 is 0 Å². The van der Waals surface area contributed by atoms with Crippen molar-refractivity contribution in [3.8, 4) is 16.9 Å². The number of pyridine rings is 1. The largest absolute Gasteiger partial charge is 0.491 e. The minimum Gasteiger partial charge on any atom is -0.491 e. The molecule has 1 atom stereocenters. The van der Waals surface area contributed by atoms with Crippen LogP contribution in [0.2, 0.25) is 0 Å². The molecule has 0 fully saturated rings. The average Bonchev–Trinajstić information content (AvgIpc) is 3.20. The predicted molar refractivity (Wildman–Crippen MR) is 130 cm³/mol. The zero-order chi connectivity index (χ0) is 23.8. The molecule has 0 saturated heterocycles. The van der Waals surface area contributed by atoms with Crippen LogP contribution < -0.4 is 4.74 Å². The summed E-state index contributed by atoms with van der Waals surface area (Å²) in [6, 6.07) is 13.0. The van der Waals surface area contributed by atoms with Gasteiger partial charge in [-0.05, 0) is 48.4 Å². The summed E-state index contributed by atoms with van der Waals surface area (Å²) in [5.74, 6) is -0.0922. The number of aromatic nitrogens is 2. The molecule has 0 spiro atoms. The molecule has 1 aliphatic heterocycles. The summed E-state index contributed by atoms with van der Waals surface area (Å²) in [4.78, 5) is 22.8. The minimum atomic E-state index is -1.47. The van der Waals surface area contributed by atoms with Crippen molar-refractivity contribution < 1.29 is 18.1 Å². The van der Waals surface area contributed by atoms with Crippen molar-refractivity contribution in [2.24, 2.45) is 0 Å². The summed E-state index contributed by atoms with van der Waals surface area (Å²) in [7, 11) is -1.47. The van der Waals surface area contributed by atoms with E-state index in [9.17, 15) is 13.4 Å². The Hall–Kier alpha value is -3.52. The first kappa shape index (κ1) is 22.3. The first-order valence-electron chi connectivity index (χ1n) is 11.1. The monoisotopic (exact) mass is 477 g/mol. The van der Waals surface area contributed by atoms with Crippen LogP contribution in [0, 0.1) is 5.82 Å². The lowest BCUT2D eigenvalue weighted by atomic mass is 10.0. The molecule has 34 heavy (non-hydrogen) atoms. The molecular weight excluding hydrogens is 453 g/mol. The van der Waals surface area contributed by atoms with Crippen molar-refractivity contribution >= 4 is 27.7 Å². The molecule has 1 amide bonds. The Kier molecular flexibility index (Phi) is 5.91. The number of hydrogen-bond donors (Lipinski definition) is 1. The number of rotatable bonds is 4. The number of nitrogens with zero attached hydrogens (tertiary/aromatic N) is 2. The summed E-state index contributed by atoms with van der Waals surface area (Å²) >= 11 is 0. The number of carbonyl (C=O) groups is 1. The second-order valence-electron chi connectivity index (χ2n) is 8.25. The topological polar surface area (TPSA) is 75.3 Å². The molecule has 6 nitrogen and oxygen atoms in total. The first-order chi connectivity index (χ1) is 16.5. The molecule has 0 aliphatic carbocycles. The van der Waals surface area contributed by atoms with Crippen LogP contribution in [0.5, 0.6) is 5.75 Å².